The third-order valence-electron chi connectivity index (χ3n) is 2.59. The van der Waals surface area contributed by atoms with E-state index in [0.717, 1.165) is 0 Å². The van der Waals surface area contributed by atoms with Gasteiger partial charge in [-0.1, -0.05) is 41.0 Å². The summed E-state index contributed by atoms with van der Waals surface area (Å²) in [6.45, 7) is 0. The summed E-state index contributed by atoms with van der Waals surface area (Å²) < 4.78 is 0. The Kier molecular flexibility index (Phi) is 4.39. The molecule has 2 N–H and O–H groups in total. The Bertz CT molecular complexity index is 587. The maximum absolute atomic E-state index is 11.2. The van der Waals surface area contributed by atoms with E-state index < -0.39 is 12.0 Å². The van der Waals surface area contributed by atoms with Gasteiger partial charge in [0.15, 0.2) is 5.17 Å². The summed E-state index contributed by atoms with van der Waals surface area (Å²) in [6, 6.07) is 4.41. The molecule has 0 amide bonds. The molecule has 1 aromatic carbocycles. The molecule has 1 heterocycles. The molecule has 2 rings (SSSR count). The number of hydrogen-bond acceptors (Lipinski definition) is 4. The number of carbonyl (C=O) groups is 1. The van der Waals surface area contributed by atoms with Gasteiger partial charge in [-0.15, -0.1) is 0 Å². The van der Waals surface area contributed by atoms with Gasteiger partial charge < -0.3 is 10.4 Å². The van der Waals surface area contributed by atoms with Crippen LogP contribution in [0.25, 0.3) is 0 Å². The van der Waals surface area contributed by atoms with Crippen LogP contribution in [0.2, 0.25) is 10.0 Å². The lowest BCUT2D eigenvalue weighted by atomic mass is 9.99. The predicted molar refractivity (Wildman–Crippen MR) is 79.0 cm³/mol. The minimum atomic E-state index is -1.02. The van der Waals surface area contributed by atoms with Gasteiger partial charge in [0.25, 0.3) is 0 Å². The van der Waals surface area contributed by atoms with Gasteiger partial charge in [0.2, 0.25) is 0 Å². The van der Waals surface area contributed by atoms with E-state index in [1.807, 2.05) is 6.26 Å². The Balaban J connectivity index is 2.45. The highest BCUT2D eigenvalue weighted by atomic mass is 35.5. The molecule has 0 aliphatic carbocycles. The summed E-state index contributed by atoms with van der Waals surface area (Å²) in [6.07, 6.45) is 3.31. The highest BCUT2D eigenvalue weighted by molar-refractivity contribution is 8.13. The van der Waals surface area contributed by atoms with E-state index in [-0.39, 0.29) is 5.57 Å². The molecule has 0 fully saturated rings. The van der Waals surface area contributed by atoms with Crippen molar-refractivity contribution in [2.75, 3.05) is 6.26 Å². The molecule has 100 valence electrons. The number of benzene rings is 1. The van der Waals surface area contributed by atoms with E-state index in [1.54, 1.807) is 18.2 Å². The molecular formula is C12H10Cl2N2O2S. The van der Waals surface area contributed by atoms with E-state index in [1.165, 1.54) is 18.0 Å². The second-order valence-electron chi connectivity index (χ2n) is 3.76. The van der Waals surface area contributed by atoms with Crippen molar-refractivity contribution in [1.29, 1.82) is 0 Å². The molecule has 0 aromatic heterocycles. The zero-order valence-electron chi connectivity index (χ0n) is 9.85. The highest BCUT2D eigenvalue weighted by Gasteiger charge is 2.26. The van der Waals surface area contributed by atoms with E-state index in [0.29, 0.717) is 20.8 Å². The van der Waals surface area contributed by atoms with Gasteiger partial charge in [-0.2, -0.15) is 0 Å². The van der Waals surface area contributed by atoms with E-state index in [9.17, 15) is 9.90 Å². The molecule has 1 atom stereocenters. The van der Waals surface area contributed by atoms with Gasteiger partial charge >= 0.3 is 5.97 Å². The number of hydrogen-bond donors (Lipinski definition) is 2. The molecule has 1 unspecified atom stereocenters. The third kappa shape index (κ3) is 3.05. The van der Waals surface area contributed by atoms with Crippen molar-refractivity contribution in [2.45, 2.75) is 6.04 Å². The van der Waals surface area contributed by atoms with Crippen LogP contribution in [0.1, 0.15) is 11.6 Å². The second kappa shape index (κ2) is 5.86. The van der Waals surface area contributed by atoms with Crippen molar-refractivity contribution in [3.05, 3.63) is 45.6 Å². The normalized spacial score (nSPS) is 18.4. The fourth-order valence-electron chi connectivity index (χ4n) is 1.67. The summed E-state index contributed by atoms with van der Waals surface area (Å²) in [5, 5.41) is 13.5. The average Bonchev–Trinajstić information content (AvgIpc) is 2.41. The van der Waals surface area contributed by atoms with E-state index >= 15 is 0 Å². The summed E-state index contributed by atoms with van der Waals surface area (Å²) in [5.74, 6) is -1.02. The molecule has 1 aromatic rings. The van der Waals surface area contributed by atoms with Crippen molar-refractivity contribution in [2.24, 2.45) is 4.99 Å². The molecule has 19 heavy (non-hydrogen) atoms. The van der Waals surface area contributed by atoms with Crippen LogP contribution in [-0.4, -0.2) is 22.5 Å². The van der Waals surface area contributed by atoms with E-state index in [4.69, 9.17) is 23.2 Å². The first-order valence-electron chi connectivity index (χ1n) is 5.29. The first-order valence-corrected chi connectivity index (χ1v) is 7.27. The first-order chi connectivity index (χ1) is 9.02. The van der Waals surface area contributed by atoms with Gasteiger partial charge in [0.1, 0.15) is 6.04 Å². The number of aliphatic carboxylic acids is 1. The maximum Gasteiger partial charge on any atom is 0.335 e. The number of rotatable bonds is 2. The fourth-order valence-corrected chi connectivity index (χ4v) is 2.36. The summed E-state index contributed by atoms with van der Waals surface area (Å²) >= 11 is 13.2. The molecule has 0 saturated heterocycles. The number of thioether (sulfide) groups is 1. The monoisotopic (exact) mass is 316 g/mol. The predicted octanol–water partition coefficient (Wildman–Crippen LogP) is 3.33. The zero-order chi connectivity index (χ0) is 14.0. The van der Waals surface area contributed by atoms with Crippen molar-refractivity contribution >= 4 is 46.1 Å². The number of nitrogens with one attached hydrogen (secondary N) is 1. The number of carboxylic acid groups (broad SMARTS) is 1. The first kappa shape index (κ1) is 14.2. The molecule has 4 nitrogen and oxygen atoms in total. The fraction of sp³-hybridized carbons (Fsp3) is 0.167. The van der Waals surface area contributed by atoms with Gasteiger partial charge in [-0.05, 0) is 24.0 Å². The lowest BCUT2D eigenvalue weighted by Gasteiger charge is -2.20. The molecule has 1 aliphatic rings. The van der Waals surface area contributed by atoms with Crippen molar-refractivity contribution < 1.29 is 9.90 Å². The summed E-state index contributed by atoms with van der Waals surface area (Å²) in [7, 11) is 0. The number of carboxylic acids is 1. The quantitative estimate of drug-likeness (QED) is 0.878. The second-order valence-corrected chi connectivity index (χ2v) is 5.37. The summed E-state index contributed by atoms with van der Waals surface area (Å²) in [4.78, 5) is 15.6. The Hall–Kier alpha value is -1.17. The van der Waals surface area contributed by atoms with Gasteiger partial charge in [-0.3, -0.25) is 0 Å². The Morgan fingerprint density at radius 3 is 2.74 bits per heavy atom. The minimum absolute atomic E-state index is 0.163. The van der Waals surface area contributed by atoms with Gasteiger partial charge in [-0.25, -0.2) is 9.79 Å². The minimum Gasteiger partial charge on any atom is -0.478 e. The van der Waals surface area contributed by atoms with Crippen LogP contribution in [0.3, 0.4) is 0 Å². The largest absolute Gasteiger partial charge is 0.478 e. The maximum atomic E-state index is 11.2. The molecule has 0 radical (unpaired) electrons. The lowest BCUT2D eigenvalue weighted by molar-refractivity contribution is -0.133. The number of amidine groups is 1. The third-order valence-corrected chi connectivity index (χ3v) is 3.94. The van der Waals surface area contributed by atoms with E-state index in [2.05, 4.69) is 10.3 Å². The summed E-state index contributed by atoms with van der Waals surface area (Å²) in [5.41, 5.74) is 0.854. The van der Waals surface area contributed by atoms with Gasteiger partial charge in [0.05, 0.1) is 15.6 Å². The molecule has 7 heteroatoms. The average molecular weight is 317 g/mol. The van der Waals surface area contributed by atoms with Crippen molar-refractivity contribution in [1.82, 2.24) is 5.32 Å². The topological polar surface area (TPSA) is 61.7 Å². The van der Waals surface area contributed by atoms with Crippen LogP contribution in [0.5, 0.6) is 0 Å². The van der Waals surface area contributed by atoms with Crippen LogP contribution >= 0.6 is 35.0 Å². The highest BCUT2D eigenvalue weighted by Crippen LogP contribution is 2.33. The lowest BCUT2D eigenvalue weighted by Crippen LogP contribution is -2.25. The zero-order valence-corrected chi connectivity index (χ0v) is 12.2. The molecule has 0 saturated carbocycles. The van der Waals surface area contributed by atoms with Crippen molar-refractivity contribution in [3.63, 3.8) is 0 Å². The van der Waals surface area contributed by atoms with Gasteiger partial charge in [0, 0.05) is 6.20 Å². The van der Waals surface area contributed by atoms with Crippen LogP contribution < -0.4 is 5.32 Å². The molecule has 1 aliphatic heterocycles. The number of nitrogens with zero attached hydrogens (tertiary/aromatic N) is 1. The van der Waals surface area contributed by atoms with Crippen LogP contribution in [-0.2, 0) is 4.79 Å². The molecular weight excluding hydrogens is 307 g/mol. The smallest absolute Gasteiger partial charge is 0.335 e. The molecule has 0 bridgehead atoms. The van der Waals surface area contributed by atoms with Crippen molar-refractivity contribution in [3.8, 4) is 0 Å². The Labute approximate surface area is 124 Å². The Morgan fingerprint density at radius 2 is 2.16 bits per heavy atom. The van der Waals surface area contributed by atoms with Crippen LogP contribution in [0, 0.1) is 0 Å². The molecule has 0 spiro atoms. The number of halogens is 2. The van der Waals surface area contributed by atoms with Crippen LogP contribution in [0.15, 0.2) is 35.0 Å². The Morgan fingerprint density at radius 1 is 1.42 bits per heavy atom. The number of aliphatic imine (C=N–C) groups is 1. The standard InChI is InChI=1S/C12H10Cl2N2O2S/c1-19-12-15-5-7(11(17)18)10(16-12)6-2-3-8(13)9(14)4-6/h2-5,10H,1H3,(H,15,16)(H,17,18). The SMILES string of the molecule is CSC1=NC(c2ccc(Cl)c(Cl)c2)C(C(=O)O)=CN1. The van der Waals surface area contributed by atoms with Crippen LogP contribution in [0.4, 0.5) is 0 Å².